The Morgan fingerprint density at radius 2 is 1.64 bits per heavy atom. The van der Waals surface area contributed by atoms with Gasteiger partial charge in [-0.25, -0.2) is 0 Å². The number of carbonyl (C=O) groups is 1. The number of amides is 1. The summed E-state index contributed by atoms with van der Waals surface area (Å²) in [5.74, 6) is 1.49. The van der Waals surface area contributed by atoms with E-state index in [-0.39, 0.29) is 6.10 Å². The molecule has 7 heteroatoms. The van der Waals surface area contributed by atoms with E-state index in [2.05, 4.69) is 16.7 Å². The van der Waals surface area contributed by atoms with Crippen molar-refractivity contribution in [3.8, 4) is 11.5 Å². The van der Waals surface area contributed by atoms with Gasteiger partial charge in [0.1, 0.15) is 12.7 Å². The Hall–Kier alpha value is -2.61. The lowest BCUT2D eigenvalue weighted by Crippen LogP contribution is -2.52. The van der Waals surface area contributed by atoms with Gasteiger partial charge < -0.3 is 24.4 Å². The van der Waals surface area contributed by atoms with Crippen LogP contribution in [-0.2, 0) is 4.79 Å². The zero-order valence-electron chi connectivity index (χ0n) is 20.2. The molecule has 2 aromatic carbocycles. The SMILES string of the molecule is CCN1CCN(CC(O)C2COc3ccccc3O2)CC1.Cc1cccc(C)c1N(C)C=O. The minimum Gasteiger partial charge on any atom is -0.486 e. The highest BCUT2D eigenvalue weighted by Gasteiger charge is 2.29. The summed E-state index contributed by atoms with van der Waals surface area (Å²) < 4.78 is 11.5. The number of carbonyl (C=O) groups excluding carboxylic acids is 1. The smallest absolute Gasteiger partial charge is 0.213 e. The summed E-state index contributed by atoms with van der Waals surface area (Å²) >= 11 is 0. The van der Waals surface area contributed by atoms with Gasteiger partial charge in [0, 0.05) is 45.5 Å². The van der Waals surface area contributed by atoms with E-state index < -0.39 is 6.10 Å². The Morgan fingerprint density at radius 3 is 2.24 bits per heavy atom. The van der Waals surface area contributed by atoms with E-state index in [1.807, 2.05) is 56.3 Å². The maximum Gasteiger partial charge on any atom is 0.213 e. The normalized spacial score (nSPS) is 19.2. The van der Waals surface area contributed by atoms with Gasteiger partial charge >= 0.3 is 0 Å². The second kappa shape index (κ2) is 12.0. The molecule has 2 aliphatic heterocycles. The Kier molecular flexibility index (Phi) is 9.11. The van der Waals surface area contributed by atoms with Crippen molar-refractivity contribution in [1.29, 1.82) is 0 Å². The standard InChI is InChI=1S/C16H24N2O3.C10H13NO/c1-2-17-7-9-18(10-8-17)11-13(19)16-12-20-14-5-3-4-6-15(14)21-16;1-8-5-4-6-9(2)10(8)11(3)7-12/h3-6,13,16,19H,2,7-12H2,1H3;4-7H,1-3H3. The number of aliphatic hydroxyl groups is 1. The van der Waals surface area contributed by atoms with Crippen molar-refractivity contribution in [3.05, 3.63) is 53.6 Å². The van der Waals surface area contributed by atoms with Crippen molar-refractivity contribution < 1.29 is 19.4 Å². The number of hydrogen-bond acceptors (Lipinski definition) is 6. The molecule has 1 saturated heterocycles. The predicted octanol–water partition coefficient (Wildman–Crippen LogP) is 2.72. The highest BCUT2D eigenvalue weighted by molar-refractivity contribution is 5.78. The lowest BCUT2D eigenvalue weighted by atomic mass is 10.1. The van der Waals surface area contributed by atoms with Crippen LogP contribution in [0.4, 0.5) is 5.69 Å². The first-order chi connectivity index (χ1) is 15.9. The summed E-state index contributed by atoms with van der Waals surface area (Å²) in [5.41, 5.74) is 3.27. The molecule has 7 nitrogen and oxygen atoms in total. The molecule has 0 bridgehead atoms. The first-order valence-electron chi connectivity index (χ1n) is 11.7. The molecule has 0 aliphatic carbocycles. The molecule has 4 rings (SSSR count). The lowest BCUT2D eigenvalue weighted by molar-refractivity contribution is -0.107. The number of aryl methyl sites for hydroxylation is 2. The molecule has 0 radical (unpaired) electrons. The number of β-amino-alcohol motifs (C(OH)–C–C–N with tert-alkyl or cyclic N) is 1. The van der Waals surface area contributed by atoms with Crippen molar-refractivity contribution in [2.45, 2.75) is 33.0 Å². The first kappa shape index (κ1) is 25.0. The number of piperazine rings is 1. The molecule has 33 heavy (non-hydrogen) atoms. The van der Waals surface area contributed by atoms with Crippen molar-refractivity contribution in [1.82, 2.24) is 9.80 Å². The molecule has 2 aliphatic rings. The zero-order valence-corrected chi connectivity index (χ0v) is 20.2. The van der Waals surface area contributed by atoms with E-state index in [0.717, 1.165) is 67.4 Å². The number of benzene rings is 2. The molecular formula is C26H37N3O4. The van der Waals surface area contributed by atoms with Crippen molar-refractivity contribution >= 4 is 12.1 Å². The fraction of sp³-hybridized carbons (Fsp3) is 0.500. The quantitative estimate of drug-likeness (QED) is 0.676. The van der Waals surface area contributed by atoms with E-state index in [1.165, 1.54) is 0 Å². The third-order valence-corrected chi connectivity index (χ3v) is 6.27. The van der Waals surface area contributed by atoms with Gasteiger partial charge in [0.05, 0.1) is 0 Å². The highest BCUT2D eigenvalue weighted by Crippen LogP contribution is 2.31. The van der Waals surface area contributed by atoms with Crippen molar-refractivity contribution in [2.24, 2.45) is 0 Å². The molecule has 2 aromatic rings. The van der Waals surface area contributed by atoms with Crippen LogP contribution in [-0.4, -0.2) is 86.4 Å². The number of aliphatic hydroxyl groups excluding tert-OH is 1. The number of ether oxygens (including phenoxy) is 2. The third-order valence-electron chi connectivity index (χ3n) is 6.27. The summed E-state index contributed by atoms with van der Waals surface area (Å²) in [6.07, 6.45) is 0.0191. The topological polar surface area (TPSA) is 65.5 Å². The Bertz CT molecular complexity index is 879. The number of hydrogen-bond donors (Lipinski definition) is 1. The minimum atomic E-state index is -0.522. The van der Waals surface area contributed by atoms with Gasteiger partial charge in [0.2, 0.25) is 6.41 Å². The van der Waals surface area contributed by atoms with Crippen LogP contribution < -0.4 is 14.4 Å². The van der Waals surface area contributed by atoms with E-state index in [4.69, 9.17) is 9.47 Å². The summed E-state index contributed by atoms with van der Waals surface area (Å²) in [6.45, 7) is 12.5. The van der Waals surface area contributed by atoms with E-state index in [0.29, 0.717) is 13.2 Å². The van der Waals surface area contributed by atoms with Gasteiger partial charge in [0.25, 0.3) is 0 Å². The van der Waals surface area contributed by atoms with Gasteiger partial charge in [-0.15, -0.1) is 0 Å². The molecule has 1 amide bonds. The van der Waals surface area contributed by atoms with E-state index in [1.54, 1.807) is 11.9 Å². The van der Waals surface area contributed by atoms with Crippen LogP contribution in [0.3, 0.4) is 0 Å². The summed E-state index contributed by atoms with van der Waals surface area (Å²) in [5, 5.41) is 10.4. The van der Waals surface area contributed by atoms with E-state index in [9.17, 15) is 9.90 Å². The number of nitrogens with zero attached hydrogens (tertiary/aromatic N) is 3. The molecular weight excluding hydrogens is 418 g/mol. The van der Waals surface area contributed by atoms with E-state index >= 15 is 0 Å². The molecule has 0 spiro atoms. The van der Waals surface area contributed by atoms with Gasteiger partial charge in [-0.3, -0.25) is 9.69 Å². The van der Waals surface area contributed by atoms with Crippen LogP contribution in [0, 0.1) is 13.8 Å². The van der Waals surface area contributed by atoms with Crippen LogP contribution in [0.15, 0.2) is 42.5 Å². The van der Waals surface area contributed by atoms with Crippen LogP contribution in [0.1, 0.15) is 18.1 Å². The summed E-state index contributed by atoms with van der Waals surface area (Å²) in [7, 11) is 1.77. The summed E-state index contributed by atoms with van der Waals surface area (Å²) in [4.78, 5) is 16.9. The van der Waals surface area contributed by atoms with Crippen LogP contribution in [0.5, 0.6) is 11.5 Å². The Morgan fingerprint density at radius 1 is 1.03 bits per heavy atom. The van der Waals surface area contributed by atoms with Crippen LogP contribution in [0.2, 0.25) is 0 Å². The average Bonchev–Trinajstić information content (AvgIpc) is 2.84. The molecule has 2 atom stereocenters. The molecule has 180 valence electrons. The molecule has 1 fully saturated rings. The Balaban J connectivity index is 0.000000218. The monoisotopic (exact) mass is 455 g/mol. The van der Waals surface area contributed by atoms with Crippen molar-refractivity contribution in [2.75, 3.05) is 57.8 Å². The van der Waals surface area contributed by atoms with Gasteiger partial charge in [0.15, 0.2) is 17.6 Å². The molecule has 0 aromatic heterocycles. The number of likely N-dealkylation sites (N-methyl/N-ethyl adjacent to an activating group) is 1. The first-order valence-corrected chi connectivity index (χ1v) is 11.7. The number of anilines is 1. The van der Waals surface area contributed by atoms with Crippen LogP contribution >= 0.6 is 0 Å². The third kappa shape index (κ3) is 6.69. The summed E-state index contributed by atoms with van der Waals surface area (Å²) in [6, 6.07) is 13.6. The van der Waals surface area contributed by atoms with Gasteiger partial charge in [-0.1, -0.05) is 37.3 Å². The minimum absolute atomic E-state index is 0.288. The number of rotatable bonds is 6. The molecule has 2 unspecified atom stereocenters. The largest absolute Gasteiger partial charge is 0.486 e. The molecule has 2 heterocycles. The lowest BCUT2D eigenvalue weighted by Gasteiger charge is -2.37. The predicted molar refractivity (Wildman–Crippen MR) is 131 cm³/mol. The van der Waals surface area contributed by atoms with Crippen LogP contribution in [0.25, 0.3) is 0 Å². The van der Waals surface area contributed by atoms with Crippen molar-refractivity contribution in [3.63, 3.8) is 0 Å². The fourth-order valence-electron chi connectivity index (χ4n) is 4.31. The maximum atomic E-state index is 10.5. The highest BCUT2D eigenvalue weighted by atomic mass is 16.6. The maximum absolute atomic E-state index is 10.5. The fourth-order valence-corrected chi connectivity index (χ4v) is 4.31. The average molecular weight is 456 g/mol. The van der Waals surface area contributed by atoms with Gasteiger partial charge in [-0.2, -0.15) is 0 Å². The number of para-hydroxylation sites is 3. The second-order valence-electron chi connectivity index (χ2n) is 8.67. The van der Waals surface area contributed by atoms with Gasteiger partial charge in [-0.05, 0) is 43.7 Å². The molecule has 0 saturated carbocycles. The second-order valence-corrected chi connectivity index (χ2v) is 8.67. The number of fused-ring (bicyclic) bond motifs is 1. The zero-order chi connectivity index (χ0) is 23.8. The molecule has 1 N–H and O–H groups in total. The Labute approximate surface area is 197 Å².